The van der Waals surface area contributed by atoms with Crippen molar-refractivity contribution in [1.29, 1.82) is 5.26 Å². The van der Waals surface area contributed by atoms with Gasteiger partial charge in [0.25, 0.3) is 0 Å². The predicted octanol–water partition coefficient (Wildman–Crippen LogP) is 4.14. The van der Waals surface area contributed by atoms with E-state index in [9.17, 15) is 0 Å². The molecule has 1 aliphatic carbocycles. The molecule has 1 aliphatic heterocycles. The van der Waals surface area contributed by atoms with Crippen LogP contribution in [0.2, 0.25) is 0 Å². The lowest BCUT2D eigenvalue weighted by Gasteiger charge is -2.12. The fourth-order valence-corrected chi connectivity index (χ4v) is 3.35. The Morgan fingerprint density at radius 2 is 2.04 bits per heavy atom. The van der Waals surface area contributed by atoms with Crippen molar-refractivity contribution in [3.63, 3.8) is 0 Å². The number of hydrogen-bond acceptors (Lipinski definition) is 3. The maximum absolute atomic E-state index is 9.06. The second kappa shape index (κ2) is 5.33. The largest absolute Gasteiger partial charge is 0.261 e. The summed E-state index contributed by atoms with van der Waals surface area (Å²) in [5, 5.41) is 9.06. The normalized spacial score (nSPS) is 19.5. The number of nitriles is 1. The zero-order chi connectivity index (χ0) is 15.8. The highest BCUT2D eigenvalue weighted by molar-refractivity contribution is 6.17. The highest BCUT2D eigenvalue weighted by Gasteiger charge is 2.33. The number of rotatable bonds is 2. The molecule has 2 aromatic rings. The van der Waals surface area contributed by atoms with Crippen molar-refractivity contribution in [2.45, 2.75) is 18.8 Å². The number of hydrogen-bond donors (Lipinski definition) is 0. The van der Waals surface area contributed by atoms with Crippen LogP contribution >= 0.6 is 0 Å². The summed E-state index contributed by atoms with van der Waals surface area (Å²) >= 11 is 0. The molecule has 2 heterocycles. The van der Waals surface area contributed by atoms with Crippen LogP contribution in [0.4, 0.5) is 0 Å². The van der Waals surface area contributed by atoms with Gasteiger partial charge < -0.3 is 0 Å². The molecule has 1 aromatic heterocycles. The van der Waals surface area contributed by atoms with Crippen LogP contribution in [-0.4, -0.2) is 10.7 Å². The Balaban J connectivity index is 1.62. The van der Waals surface area contributed by atoms with E-state index in [1.165, 1.54) is 5.57 Å². The Bertz CT molecular complexity index is 898. The third-order valence-corrected chi connectivity index (χ3v) is 4.51. The highest BCUT2D eigenvalue weighted by Crippen LogP contribution is 2.45. The van der Waals surface area contributed by atoms with Gasteiger partial charge in [-0.3, -0.25) is 9.98 Å². The van der Waals surface area contributed by atoms with Gasteiger partial charge in [-0.1, -0.05) is 24.8 Å². The van der Waals surface area contributed by atoms with Crippen molar-refractivity contribution >= 4 is 5.71 Å². The molecule has 3 heteroatoms. The monoisotopic (exact) mass is 297 g/mol. The van der Waals surface area contributed by atoms with Crippen molar-refractivity contribution in [2.24, 2.45) is 4.99 Å². The summed E-state index contributed by atoms with van der Waals surface area (Å²) in [6.07, 6.45) is 3.69. The lowest BCUT2D eigenvalue weighted by molar-refractivity contribution is 0.703. The zero-order valence-electron chi connectivity index (χ0n) is 12.7. The summed E-state index contributed by atoms with van der Waals surface area (Å²) in [5.74, 6) is 0.397. The van der Waals surface area contributed by atoms with E-state index in [1.807, 2.05) is 36.5 Å². The van der Waals surface area contributed by atoms with Gasteiger partial charge in [0.1, 0.15) is 0 Å². The van der Waals surface area contributed by atoms with Crippen molar-refractivity contribution in [3.8, 4) is 6.07 Å². The van der Waals surface area contributed by atoms with E-state index in [2.05, 4.69) is 23.7 Å². The number of benzene rings is 1. The average molecular weight is 297 g/mol. The summed E-state index contributed by atoms with van der Waals surface area (Å²) in [6, 6.07) is 15.8. The molecular weight excluding hydrogens is 282 g/mol. The third-order valence-electron chi connectivity index (χ3n) is 4.51. The fourth-order valence-electron chi connectivity index (χ4n) is 3.35. The SMILES string of the molecule is C=C1C(c2cccc(C#N)c2)=NC2=C1CC(c1ccccn1)C2. The molecule has 1 aromatic carbocycles. The number of pyridine rings is 1. The molecule has 0 amide bonds. The molecule has 1 unspecified atom stereocenters. The van der Waals surface area contributed by atoms with Gasteiger partial charge in [0, 0.05) is 29.1 Å². The Kier molecular flexibility index (Phi) is 3.17. The number of aromatic nitrogens is 1. The van der Waals surface area contributed by atoms with Crippen LogP contribution in [0, 0.1) is 11.3 Å². The third kappa shape index (κ3) is 2.29. The molecule has 0 bridgehead atoms. The van der Waals surface area contributed by atoms with Crippen LogP contribution in [0.3, 0.4) is 0 Å². The first kappa shape index (κ1) is 13.7. The molecule has 0 radical (unpaired) electrons. The molecule has 4 rings (SSSR count). The summed E-state index contributed by atoms with van der Waals surface area (Å²) in [6.45, 7) is 4.25. The van der Waals surface area contributed by atoms with Gasteiger partial charge in [-0.2, -0.15) is 5.26 Å². The lowest BCUT2D eigenvalue weighted by Crippen LogP contribution is -2.05. The smallest absolute Gasteiger partial charge is 0.0991 e. The first-order chi connectivity index (χ1) is 11.3. The fraction of sp³-hybridized carbons (Fsp3) is 0.150. The van der Waals surface area contributed by atoms with Crippen LogP contribution in [0.15, 0.2) is 77.1 Å². The minimum atomic E-state index is 0.397. The first-order valence-corrected chi connectivity index (χ1v) is 7.68. The highest BCUT2D eigenvalue weighted by atomic mass is 14.8. The lowest BCUT2D eigenvalue weighted by atomic mass is 9.94. The van der Waals surface area contributed by atoms with Gasteiger partial charge in [-0.05, 0) is 48.3 Å². The first-order valence-electron chi connectivity index (χ1n) is 7.68. The van der Waals surface area contributed by atoms with E-state index < -0.39 is 0 Å². The Labute approximate surface area is 135 Å². The zero-order valence-corrected chi connectivity index (χ0v) is 12.7. The van der Waals surface area contributed by atoms with Crippen molar-refractivity contribution in [2.75, 3.05) is 0 Å². The molecule has 23 heavy (non-hydrogen) atoms. The van der Waals surface area contributed by atoms with Crippen molar-refractivity contribution in [1.82, 2.24) is 4.98 Å². The Hall–Kier alpha value is -2.99. The minimum absolute atomic E-state index is 0.397. The van der Waals surface area contributed by atoms with Crippen LogP contribution in [0.1, 0.15) is 35.6 Å². The molecule has 3 nitrogen and oxygen atoms in total. The topological polar surface area (TPSA) is 49.0 Å². The van der Waals surface area contributed by atoms with Gasteiger partial charge in [-0.25, -0.2) is 0 Å². The average Bonchev–Trinajstić information content (AvgIpc) is 3.15. The predicted molar refractivity (Wildman–Crippen MR) is 90.1 cm³/mol. The Morgan fingerprint density at radius 3 is 2.78 bits per heavy atom. The van der Waals surface area contributed by atoms with Gasteiger partial charge >= 0.3 is 0 Å². The van der Waals surface area contributed by atoms with Crippen LogP contribution in [-0.2, 0) is 0 Å². The molecule has 0 spiro atoms. The van der Waals surface area contributed by atoms with E-state index in [0.717, 1.165) is 41.1 Å². The molecule has 0 fully saturated rings. The second-order valence-electron chi connectivity index (χ2n) is 5.92. The summed E-state index contributed by atoms with van der Waals surface area (Å²) in [5.41, 5.74) is 7.02. The van der Waals surface area contributed by atoms with Crippen LogP contribution in [0.25, 0.3) is 0 Å². The Morgan fingerprint density at radius 1 is 1.13 bits per heavy atom. The van der Waals surface area contributed by atoms with Gasteiger partial charge in [0.2, 0.25) is 0 Å². The number of allylic oxidation sites excluding steroid dienone is 3. The number of nitrogens with zero attached hydrogens (tertiary/aromatic N) is 3. The molecule has 110 valence electrons. The molecule has 0 N–H and O–H groups in total. The molecule has 0 saturated carbocycles. The van der Waals surface area contributed by atoms with E-state index in [4.69, 9.17) is 10.3 Å². The molecule has 0 saturated heterocycles. The minimum Gasteiger partial charge on any atom is -0.261 e. The quantitative estimate of drug-likeness (QED) is 0.836. The summed E-state index contributed by atoms with van der Waals surface area (Å²) in [4.78, 5) is 9.28. The van der Waals surface area contributed by atoms with Gasteiger partial charge in [0.05, 0.1) is 17.3 Å². The maximum atomic E-state index is 9.06. The van der Waals surface area contributed by atoms with Crippen molar-refractivity contribution < 1.29 is 0 Å². The summed E-state index contributed by atoms with van der Waals surface area (Å²) in [7, 11) is 0. The van der Waals surface area contributed by atoms with E-state index in [-0.39, 0.29) is 0 Å². The maximum Gasteiger partial charge on any atom is 0.0991 e. The van der Waals surface area contributed by atoms with E-state index >= 15 is 0 Å². The van der Waals surface area contributed by atoms with E-state index in [0.29, 0.717) is 11.5 Å². The van der Waals surface area contributed by atoms with Crippen molar-refractivity contribution in [3.05, 3.63) is 88.9 Å². The second-order valence-corrected chi connectivity index (χ2v) is 5.92. The standard InChI is InChI=1S/C20H15N3/c1-13-17-10-16(18-7-2-3-8-22-18)11-19(17)23-20(13)15-6-4-5-14(9-15)12-21/h2-9,16H,1,10-11H2. The molecule has 2 aliphatic rings. The van der Waals surface area contributed by atoms with Gasteiger partial charge in [-0.15, -0.1) is 0 Å². The van der Waals surface area contributed by atoms with Gasteiger partial charge in [0.15, 0.2) is 0 Å². The summed E-state index contributed by atoms with van der Waals surface area (Å²) < 4.78 is 0. The van der Waals surface area contributed by atoms with Crippen LogP contribution < -0.4 is 0 Å². The molecular formula is C20H15N3. The molecule has 1 atom stereocenters. The van der Waals surface area contributed by atoms with E-state index in [1.54, 1.807) is 6.07 Å². The van der Waals surface area contributed by atoms with Crippen LogP contribution in [0.5, 0.6) is 0 Å². The number of aliphatic imine (C=N–C) groups is 1.